The number of amides is 1. The number of thiophene rings is 1. The zero-order chi connectivity index (χ0) is 17.1. The minimum Gasteiger partial charge on any atom is -0.480 e. The van der Waals surface area contributed by atoms with Crippen LogP contribution >= 0.6 is 11.3 Å². The minimum atomic E-state index is -1.07. The topological polar surface area (TPSA) is 101 Å². The third-order valence-electron chi connectivity index (χ3n) is 3.12. The van der Waals surface area contributed by atoms with Gasteiger partial charge >= 0.3 is 5.97 Å². The summed E-state index contributed by atoms with van der Waals surface area (Å²) in [7, 11) is 0. The lowest BCUT2D eigenvalue weighted by Gasteiger charge is -2.21. The van der Waals surface area contributed by atoms with E-state index < -0.39 is 10.9 Å². The van der Waals surface area contributed by atoms with Crippen LogP contribution < -0.4 is 0 Å². The number of benzene rings is 1. The van der Waals surface area contributed by atoms with Crippen LogP contribution in [0.4, 0.5) is 5.69 Å². The van der Waals surface area contributed by atoms with Crippen LogP contribution in [-0.4, -0.2) is 39.9 Å². The van der Waals surface area contributed by atoms with Crippen LogP contribution in [0.3, 0.4) is 0 Å². The third-order valence-corrected chi connectivity index (χ3v) is 4.22. The first-order chi connectivity index (χ1) is 10.8. The number of carboxylic acid groups (broad SMARTS) is 1. The number of nitrogens with zero attached hydrogens (tertiary/aromatic N) is 2. The molecule has 1 aromatic carbocycles. The Hall–Kier alpha value is -2.48. The lowest BCUT2D eigenvalue weighted by molar-refractivity contribution is -0.384. The Labute approximate surface area is 136 Å². The van der Waals surface area contributed by atoms with Gasteiger partial charge in [-0.1, -0.05) is 13.8 Å². The Morgan fingerprint density at radius 1 is 1.35 bits per heavy atom. The Morgan fingerprint density at radius 3 is 2.61 bits per heavy atom. The third kappa shape index (κ3) is 4.04. The van der Waals surface area contributed by atoms with Crippen molar-refractivity contribution in [2.45, 2.75) is 13.8 Å². The second-order valence-electron chi connectivity index (χ2n) is 5.56. The number of carbonyl (C=O) groups excluding carboxylic acids is 1. The number of non-ortho nitro benzene ring substituents is 1. The number of nitro groups is 1. The van der Waals surface area contributed by atoms with Gasteiger partial charge in [0.05, 0.1) is 9.80 Å². The summed E-state index contributed by atoms with van der Waals surface area (Å²) < 4.78 is 0.749. The van der Waals surface area contributed by atoms with E-state index in [1.165, 1.54) is 28.4 Å². The van der Waals surface area contributed by atoms with Crippen molar-refractivity contribution < 1.29 is 19.6 Å². The molecular formula is C15H16N2O5S. The van der Waals surface area contributed by atoms with Gasteiger partial charge in [0.1, 0.15) is 6.54 Å². The molecule has 0 aliphatic carbocycles. The molecule has 0 saturated carbocycles. The molecule has 1 N–H and O–H groups in total. The van der Waals surface area contributed by atoms with Crippen LogP contribution in [0.1, 0.15) is 23.5 Å². The van der Waals surface area contributed by atoms with Crippen molar-refractivity contribution in [1.82, 2.24) is 4.90 Å². The monoisotopic (exact) mass is 336 g/mol. The molecule has 1 aromatic heterocycles. The zero-order valence-electron chi connectivity index (χ0n) is 12.7. The van der Waals surface area contributed by atoms with E-state index in [0.29, 0.717) is 16.8 Å². The molecule has 0 atom stereocenters. The number of carboxylic acids is 1. The summed E-state index contributed by atoms with van der Waals surface area (Å²) in [5, 5.41) is 20.4. The van der Waals surface area contributed by atoms with E-state index in [0.717, 1.165) is 4.70 Å². The minimum absolute atomic E-state index is 0.0427. The molecule has 8 heteroatoms. The van der Waals surface area contributed by atoms with Gasteiger partial charge in [0.2, 0.25) is 0 Å². The molecule has 2 rings (SSSR count). The van der Waals surface area contributed by atoms with Crippen LogP contribution in [0.25, 0.3) is 10.1 Å². The second-order valence-corrected chi connectivity index (χ2v) is 6.65. The molecule has 0 spiro atoms. The highest BCUT2D eigenvalue weighted by atomic mass is 32.1. The molecule has 23 heavy (non-hydrogen) atoms. The van der Waals surface area contributed by atoms with Crippen molar-refractivity contribution in [1.29, 1.82) is 0 Å². The Kier molecular flexibility index (Phi) is 4.95. The van der Waals surface area contributed by atoms with E-state index in [2.05, 4.69) is 0 Å². The van der Waals surface area contributed by atoms with Gasteiger partial charge < -0.3 is 10.0 Å². The normalized spacial score (nSPS) is 10.9. The first-order valence-electron chi connectivity index (χ1n) is 6.97. The van der Waals surface area contributed by atoms with E-state index in [1.807, 2.05) is 13.8 Å². The first kappa shape index (κ1) is 16.9. The molecule has 0 unspecified atom stereocenters. The number of nitro benzene ring substituents is 1. The molecule has 1 amide bonds. The molecule has 7 nitrogen and oxygen atoms in total. The summed E-state index contributed by atoms with van der Waals surface area (Å²) in [4.78, 5) is 35.5. The average molecular weight is 336 g/mol. The lowest BCUT2D eigenvalue weighted by Crippen LogP contribution is -2.37. The van der Waals surface area contributed by atoms with Crippen molar-refractivity contribution in [2.24, 2.45) is 5.92 Å². The fourth-order valence-corrected chi connectivity index (χ4v) is 3.24. The summed E-state index contributed by atoms with van der Waals surface area (Å²) in [6.07, 6.45) is 0. The van der Waals surface area contributed by atoms with Crippen molar-refractivity contribution in [3.05, 3.63) is 39.3 Å². The molecule has 1 heterocycles. The van der Waals surface area contributed by atoms with Crippen molar-refractivity contribution in [2.75, 3.05) is 13.1 Å². The Morgan fingerprint density at radius 2 is 2.04 bits per heavy atom. The molecule has 0 bridgehead atoms. The van der Waals surface area contributed by atoms with Gasteiger partial charge in [-0.25, -0.2) is 0 Å². The molecular weight excluding hydrogens is 320 g/mol. The molecule has 122 valence electrons. The summed E-state index contributed by atoms with van der Waals surface area (Å²) in [6, 6.07) is 5.96. The van der Waals surface area contributed by atoms with Gasteiger partial charge in [-0.3, -0.25) is 19.7 Å². The molecule has 0 aliphatic heterocycles. The fourth-order valence-electron chi connectivity index (χ4n) is 2.23. The Balaban J connectivity index is 2.34. The summed E-state index contributed by atoms with van der Waals surface area (Å²) in [6.45, 7) is 3.76. The van der Waals surface area contributed by atoms with Crippen LogP contribution in [-0.2, 0) is 4.79 Å². The highest BCUT2D eigenvalue weighted by Gasteiger charge is 2.22. The highest BCUT2D eigenvalue weighted by Crippen LogP contribution is 2.29. The molecule has 0 aliphatic rings. The van der Waals surface area contributed by atoms with Crippen molar-refractivity contribution >= 4 is 39.0 Å². The summed E-state index contributed by atoms with van der Waals surface area (Å²) in [5.41, 5.74) is -0.0427. The maximum atomic E-state index is 12.5. The summed E-state index contributed by atoms with van der Waals surface area (Å²) >= 11 is 1.20. The smallest absolute Gasteiger partial charge is 0.323 e. The first-order valence-corrected chi connectivity index (χ1v) is 7.78. The molecule has 0 saturated heterocycles. The van der Waals surface area contributed by atoms with Gasteiger partial charge in [0.25, 0.3) is 11.6 Å². The summed E-state index contributed by atoms with van der Waals surface area (Å²) in [5.74, 6) is -1.31. The Bertz CT molecular complexity index is 768. The van der Waals surface area contributed by atoms with Gasteiger partial charge in [-0.15, -0.1) is 11.3 Å². The maximum Gasteiger partial charge on any atom is 0.323 e. The van der Waals surface area contributed by atoms with E-state index in [9.17, 15) is 19.7 Å². The second kappa shape index (κ2) is 6.74. The predicted molar refractivity (Wildman–Crippen MR) is 86.9 cm³/mol. The van der Waals surface area contributed by atoms with Gasteiger partial charge in [0.15, 0.2) is 0 Å². The van der Waals surface area contributed by atoms with Gasteiger partial charge in [-0.2, -0.15) is 0 Å². The van der Waals surface area contributed by atoms with Crippen LogP contribution in [0.15, 0.2) is 24.3 Å². The predicted octanol–water partition coefficient (Wildman–Crippen LogP) is 2.99. The molecule has 0 fully saturated rings. The van der Waals surface area contributed by atoms with Crippen LogP contribution in [0.5, 0.6) is 0 Å². The number of rotatable bonds is 6. The number of hydrogen-bond acceptors (Lipinski definition) is 5. The van der Waals surface area contributed by atoms with E-state index >= 15 is 0 Å². The van der Waals surface area contributed by atoms with Gasteiger partial charge in [-0.05, 0) is 18.1 Å². The van der Waals surface area contributed by atoms with Crippen LogP contribution in [0, 0.1) is 16.0 Å². The quantitative estimate of drug-likeness (QED) is 0.645. The largest absolute Gasteiger partial charge is 0.480 e. The van der Waals surface area contributed by atoms with E-state index in [1.54, 1.807) is 12.1 Å². The lowest BCUT2D eigenvalue weighted by atomic mass is 10.2. The highest BCUT2D eigenvalue weighted by molar-refractivity contribution is 7.20. The number of hydrogen-bond donors (Lipinski definition) is 1. The zero-order valence-corrected chi connectivity index (χ0v) is 13.5. The maximum absolute atomic E-state index is 12.5. The van der Waals surface area contributed by atoms with Crippen molar-refractivity contribution in [3.8, 4) is 0 Å². The number of aliphatic carboxylic acids is 1. The van der Waals surface area contributed by atoms with E-state index in [-0.39, 0.29) is 24.1 Å². The van der Waals surface area contributed by atoms with E-state index in [4.69, 9.17) is 5.11 Å². The standard InChI is InChI=1S/C15H16N2O5S/c1-9(2)7-16(8-14(18)19)15(20)13-6-10-5-11(17(21)22)3-4-12(10)23-13/h3-6,9H,7-8H2,1-2H3,(H,18,19). The fraction of sp³-hybridized carbons (Fsp3) is 0.333. The van der Waals surface area contributed by atoms with Crippen molar-refractivity contribution in [3.63, 3.8) is 0 Å². The molecule has 2 aromatic rings. The molecule has 0 radical (unpaired) electrons. The number of carbonyl (C=O) groups is 2. The SMILES string of the molecule is CC(C)CN(CC(=O)O)C(=O)c1cc2cc([N+](=O)[O-])ccc2s1. The average Bonchev–Trinajstić information content (AvgIpc) is 2.87. The number of fused-ring (bicyclic) bond motifs is 1. The van der Waals surface area contributed by atoms with Gasteiger partial charge in [0, 0.05) is 28.8 Å². The van der Waals surface area contributed by atoms with Crippen LogP contribution in [0.2, 0.25) is 0 Å².